The molecule has 132 valence electrons. The monoisotopic (exact) mass is 349 g/mol. The van der Waals surface area contributed by atoms with E-state index in [9.17, 15) is 4.79 Å². The van der Waals surface area contributed by atoms with E-state index in [1.807, 2.05) is 43.4 Å². The molecular formula is C21H19NO4. The van der Waals surface area contributed by atoms with Crippen LogP contribution in [0, 0.1) is 0 Å². The van der Waals surface area contributed by atoms with E-state index in [2.05, 4.69) is 5.32 Å². The third kappa shape index (κ3) is 2.92. The highest BCUT2D eigenvalue weighted by Gasteiger charge is 2.18. The zero-order valence-electron chi connectivity index (χ0n) is 14.5. The number of allylic oxidation sites excluding steroid dienone is 2. The van der Waals surface area contributed by atoms with Crippen LogP contribution in [0.5, 0.6) is 0 Å². The van der Waals surface area contributed by atoms with Crippen LogP contribution < -0.4 is 10.7 Å². The molecule has 5 heteroatoms. The molecule has 0 atom stereocenters. The maximum absolute atomic E-state index is 13.1. The summed E-state index contributed by atoms with van der Waals surface area (Å²) in [7, 11) is 1.81. The number of hydrogen-bond donors (Lipinski definition) is 1. The molecule has 2 aromatic carbocycles. The third-order valence-corrected chi connectivity index (χ3v) is 4.38. The Morgan fingerprint density at radius 2 is 1.96 bits per heavy atom. The average Bonchev–Trinajstić information content (AvgIpc) is 2.69. The van der Waals surface area contributed by atoms with Crippen molar-refractivity contribution >= 4 is 21.7 Å². The van der Waals surface area contributed by atoms with Crippen molar-refractivity contribution in [2.75, 3.05) is 20.3 Å². The summed E-state index contributed by atoms with van der Waals surface area (Å²) in [6, 6.07) is 11.6. The molecule has 0 saturated carbocycles. The van der Waals surface area contributed by atoms with Gasteiger partial charge in [-0.15, -0.1) is 0 Å². The molecule has 2 heterocycles. The summed E-state index contributed by atoms with van der Waals surface area (Å²) in [6.45, 7) is 0.956. The van der Waals surface area contributed by atoms with Gasteiger partial charge in [-0.2, -0.15) is 0 Å². The molecule has 1 aromatic heterocycles. The zero-order valence-corrected chi connectivity index (χ0v) is 14.5. The molecular weight excluding hydrogens is 330 g/mol. The Morgan fingerprint density at radius 1 is 1.12 bits per heavy atom. The van der Waals surface area contributed by atoms with Gasteiger partial charge < -0.3 is 19.2 Å². The van der Waals surface area contributed by atoms with Gasteiger partial charge in [0.25, 0.3) is 0 Å². The molecule has 3 aromatic rings. The van der Waals surface area contributed by atoms with E-state index in [1.54, 1.807) is 12.3 Å². The molecule has 0 radical (unpaired) electrons. The lowest BCUT2D eigenvalue weighted by Crippen LogP contribution is -2.18. The SMILES string of the molecule is CN/C=C\C1=C(Cc2coc3ccc4ccccc4c3c2=O)OCCO1. The van der Waals surface area contributed by atoms with Crippen LogP contribution >= 0.6 is 0 Å². The lowest BCUT2D eigenvalue weighted by molar-refractivity contribution is 0.0665. The summed E-state index contributed by atoms with van der Waals surface area (Å²) in [5, 5.41) is 5.43. The summed E-state index contributed by atoms with van der Waals surface area (Å²) in [6.07, 6.45) is 5.40. The Morgan fingerprint density at radius 3 is 2.85 bits per heavy atom. The minimum atomic E-state index is -0.0401. The first-order valence-electron chi connectivity index (χ1n) is 8.52. The summed E-state index contributed by atoms with van der Waals surface area (Å²) in [5.41, 5.74) is 1.09. The first-order valence-corrected chi connectivity index (χ1v) is 8.52. The van der Waals surface area contributed by atoms with Gasteiger partial charge in [0.15, 0.2) is 11.2 Å². The number of nitrogens with one attached hydrogen (secondary N) is 1. The lowest BCUT2D eigenvalue weighted by atomic mass is 10.0. The molecule has 0 amide bonds. The van der Waals surface area contributed by atoms with Crippen molar-refractivity contribution in [1.29, 1.82) is 0 Å². The number of hydrogen-bond acceptors (Lipinski definition) is 5. The fourth-order valence-electron chi connectivity index (χ4n) is 3.13. The van der Waals surface area contributed by atoms with Crippen LogP contribution in [0.15, 0.2) is 75.7 Å². The molecule has 1 aliphatic heterocycles. The van der Waals surface area contributed by atoms with Gasteiger partial charge in [-0.3, -0.25) is 4.79 Å². The summed E-state index contributed by atoms with van der Waals surface area (Å²) >= 11 is 0. The Balaban J connectivity index is 1.83. The average molecular weight is 349 g/mol. The molecule has 0 aliphatic carbocycles. The third-order valence-electron chi connectivity index (χ3n) is 4.38. The molecule has 26 heavy (non-hydrogen) atoms. The second-order valence-corrected chi connectivity index (χ2v) is 6.03. The maximum atomic E-state index is 13.1. The van der Waals surface area contributed by atoms with Crippen molar-refractivity contribution < 1.29 is 13.9 Å². The van der Waals surface area contributed by atoms with Crippen LogP contribution in [-0.2, 0) is 15.9 Å². The quantitative estimate of drug-likeness (QED) is 0.731. The van der Waals surface area contributed by atoms with E-state index in [-0.39, 0.29) is 5.43 Å². The topological polar surface area (TPSA) is 60.7 Å². The number of rotatable bonds is 4. The molecule has 0 fully saturated rings. The fraction of sp³-hybridized carbons (Fsp3) is 0.190. The lowest BCUT2D eigenvalue weighted by Gasteiger charge is -2.20. The van der Waals surface area contributed by atoms with Gasteiger partial charge in [0.05, 0.1) is 11.6 Å². The number of fused-ring (bicyclic) bond motifs is 3. The predicted octanol–water partition coefficient (Wildman–Crippen LogP) is 3.48. The van der Waals surface area contributed by atoms with Crippen LogP contribution in [0.1, 0.15) is 5.56 Å². The smallest absolute Gasteiger partial charge is 0.196 e. The van der Waals surface area contributed by atoms with Gasteiger partial charge in [-0.25, -0.2) is 0 Å². The Hall–Kier alpha value is -3.21. The summed E-state index contributed by atoms with van der Waals surface area (Å²) in [4.78, 5) is 13.1. The Kier molecular flexibility index (Phi) is 4.35. The van der Waals surface area contributed by atoms with Gasteiger partial charge in [0.2, 0.25) is 0 Å². The van der Waals surface area contributed by atoms with E-state index in [4.69, 9.17) is 13.9 Å². The van der Waals surface area contributed by atoms with E-state index < -0.39 is 0 Å². The maximum Gasteiger partial charge on any atom is 0.196 e. The first kappa shape index (κ1) is 16.3. The number of ether oxygens (including phenoxy) is 2. The molecule has 0 bridgehead atoms. The molecule has 1 aliphatic rings. The van der Waals surface area contributed by atoms with Crippen molar-refractivity contribution in [1.82, 2.24) is 5.32 Å². The van der Waals surface area contributed by atoms with E-state index >= 15 is 0 Å². The second-order valence-electron chi connectivity index (χ2n) is 6.03. The van der Waals surface area contributed by atoms with Crippen molar-refractivity contribution in [2.24, 2.45) is 0 Å². The minimum absolute atomic E-state index is 0.0401. The van der Waals surface area contributed by atoms with Crippen molar-refractivity contribution in [3.8, 4) is 0 Å². The Bertz CT molecular complexity index is 1080. The van der Waals surface area contributed by atoms with Gasteiger partial charge in [-0.05, 0) is 29.1 Å². The highest BCUT2D eigenvalue weighted by Crippen LogP contribution is 2.24. The van der Waals surface area contributed by atoms with E-state index in [0.29, 0.717) is 47.7 Å². The fourth-order valence-corrected chi connectivity index (χ4v) is 3.13. The Labute approximate surface area is 150 Å². The molecule has 5 nitrogen and oxygen atoms in total. The largest absolute Gasteiger partial charge is 0.490 e. The van der Waals surface area contributed by atoms with Crippen molar-refractivity contribution in [2.45, 2.75) is 6.42 Å². The second kappa shape index (κ2) is 6.96. The molecule has 4 rings (SSSR count). The minimum Gasteiger partial charge on any atom is -0.490 e. The standard InChI is InChI=1S/C21H19NO4/c1-22-9-8-17-19(25-11-10-24-17)12-15-13-26-18-7-6-14-4-2-3-5-16(14)20(18)21(15)23/h2-9,13,22H,10-12H2,1H3/b9-8-. The van der Waals surface area contributed by atoms with Gasteiger partial charge in [-0.1, -0.05) is 30.3 Å². The summed E-state index contributed by atoms with van der Waals surface area (Å²) < 4.78 is 17.1. The van der Waals surface area contributed by atoms with Crippen molar-refractivity contribution in [3.63, 3.8) is 0 Å². The van der Waals surface area contributed by atoms with E-state index in [1.165, 1.54) is 6.26 Å². The van der Waals surface area contributed by atoms with Crippen LogP contribution in [-0.4, -0.2) is 20.3 Å². The van der Waals surface area contributed by atoms with Gasteiger partial charge in [0.1, 0.15) is 24.6 Å². The van der Waals surface area contributed by atoms with Gasteiger partial charge in [0, 0.05) is 19.0 Å². The number of benzene rings is 2. The van der Waals surface area contributed by atoms with Crippen molar-refractivity contribution in [3.05, 3.63) is 82.2 Å². The first-order chi connectivity index (χ1) is 12.8. The summed E-state index contributed by atoms with van der Waals surface area (Å²) in [5.74, 6) is 1.26. The predicted molar refractivity (Wildman–Crippen MR) is 101 cm³/mol. The van der Waals surface area contributed by atoms with Crippen LogP contribution in [0.2, 0.25) is 0 Å². The molecule has 0 saturated heterocycles. The molecule has 0 spiro atoms. The van der Waals surface area contributed by atoms with Crippen LogP contribution in [0.25, 0.3) is 21.7 Å². The van der Waals surface area contributed by atoms with Crippen LogP contribution in [0.4, 0.5) is 0 Å². The zero-order chi connectivity index (χ0) is 17.9. The van der Waals surface area contributed by atoms with Gasteiger partial charge >= 0.3 is 0 Å². The molecule has 1 N–H and O–H groups in total. The highest BCUT2D eigenvalue weighted by atomic mass is 16.6. The highest BCUT2D eigenvalue weighted by molar-refractivity contribution is 6.05. The normalized spacial score (nSPS) is 14.7. The van der Waals surface area contributed by atoms with Crippen LogP contribution in [0.3, 0.4) is 0 Å². The van der Waals surface area contributed by atoms with E-state index in [0.717, 1.165) is 10.8 Å². The molecule has 0 unspecified atom stereocenters.